The van der Waals surface area contributed by atoms with Crippen molar-refractivity contribution in [3.63, 3.8) is 0 Å². The molecule has 25 heavy (non-hydrogen) atoms. The summed E-state index contributed by atoms with van der Waals surface area (Å²) in [5.41, 5.74) is 1.09. The van der Waals surface area contributed by atoms with E-state index >= 15 is 0 Å². The van der Waals surface area contributed by atoms with Gasteiger partial charge in [-0.1, -0.05) is 18.6 Å². The van der Waals surface area contributed by atoms with Crippen molar-refractivity contribution >= 4 is 5.91 Å². The minimum atomic E-state index is 0.137. The number of hydrogen-bond acceptors (Lipinski definition) is 4. The number of aryl methyl sites for hydroxylation is 1. The van der Waals surface area contributed by atoms with Gasteiger partial charge in [0.2, 0.25) is 5.91 Å². The van der Waals surface area contributed by atoms with Crippen molar-refractivity contribution in [3.05, 3.63) is 29.8 Å². The minimum absolute atomic E-state index is 0.137. The van der Waals surface area contributed by atoms with E-state index in [4.69, 9.17) is 4.74 Å². The van der Waals surface area contributed by atoms with E-state index in [1.54, 1.807) is 12.1 Å². The molecule has 2 aliphatic rings. The van der Waals surface area contributed by atoms with Gasteiger partial charge in [-0.25, -0.2) is 0 Å². The van der Waals surface area contributed by atoms with E-state index in [-0.39, 0.29) is 17.8 Å². The van der Waals surface area contributed by atoms with E-state index < -0.39 is 0 Å². The lowest BCUT2D eigenvalue weighted by Gasteiger charge is -2.31. The molecule has 1 atom stereocenters. The van der Waals surface area contributed by atoms with Gasteiger partial charge in [0.25, 0.3) is 0 Å². The summed E-state index contributed by atoms with van der Waals surface area (Å²) < 4.78 is 6.00. The molecule has 2 aliphatic heterocycles. The SMILES string of the molecule is O=C(CCc1ccc(O)cc1)N1CCCO[C@@H](CN2CCCCC2)C1. The monoisotopic (exact) mass is 346 g/mol. The molecule has 0 unspecified atom stereocenters. The molecule has 1 aromatic rings. The third-order valence-electron chi connectivity index (χ3n) is 5.18. The van der Waals surface area contributed by atoms with Gasteiger partial charge in [-0.05, 0) is 56.5 Å². The number of likely N-dealkylation sites (tertiary alicyclic amines) is 1. The average Bonchev–Trinajstić information content (AvgIpc) is 2.87. The van der Waals surface area contributed by atoms with E-state index in [1.165, 1.54) is 19.3 Å². The Kier molecular flexibility index (Phi) is 6.70. The van der Waals surface area contributed by atoms with Crippen molar-refractivity contribution in [3.8, 4) is 5.75 Å². The molecule has 2 fully saturated rings. The van der Waals surface area contributed by atoms with Crippen molar-refractivity contribution < 1.29 is 14.6 Å². The van der Waals surface area contributed by atoms with Crippen LogP contribution >= 0.6 is 0 Å². The number of carbonyl (C=O) groups excluding carboxylic acids is 1. The quantitative estimate of drug-likeness (QED) is 0.890. The van der Waals surface area contributed by atoms with E-state index in [0.29, 0.717) is 19.4 Å². The number of amides is 1. The van der Waals surface area contributed by atoms with Crippen molar-refractivity contribution in [2.45, 2.75) is 44.6 Å². The predicted octanol–water partition coefficient (Wildman–Crippen LogP) is 2.43. The first kappa shape index (κ1) is 18.2. The fraction of sp³-hybridized carbons (Fsp3) is 0.650. The average molecular weight is 346 g/mol. The Balaban J connectivity index is 1.49. The number of ether oxygens (including phenoxy) is 1. The number of benzene rings is 1. The summed E-state index contributed by atoms with van der Waals surface area (Å²) in [5, 5.41) is 9.34. The number of phenols is 1. The molecule has 0 spiro atoms. The number of aromatic hydroxyl groups is 1. The van der Waals surface area contributed by atoms with Gasteiger partial charge in [0.1, 0.15) is 5.75 Å². The molecule has 1 amide bonds. The highest BCUT2D eigenvalue weighted by atomic mass is 16.5. The van der Waals surface area contributed by atoms with Crippen molar-refractivity contribution in [2.24, 2.45) is 0 Å². The summed E-state index contributed by atoms with van der Waals surface area (Å²) in [6.45, 7) is 5.53. The van der Waals surface area contributed by atoms with Crippen LogP contribution in [0.15, 0.2) is 24.3 Å². The van der Waals surface area contributed by atoms with Crippen LogP contribution in [0.1, 0.15) is 37.7 Å². The van der Waals surface area contributed by atoms with Crippen molar-refractivity contribution in [1.82, 2.24) is 9.80 Å². The zero-order valence-corrected chi connectivity index (χ0v) is 15.0. The Morgan fingerprint density at radius 2 is 1.84 bits per heavy atom. The number of carbonyl (C=O) groups is 1. The number of phenolic OH excluding ortho intramolecular Hbond substituents is 1. The second kappa shape index (κ2) is 9.20. The summed E-state index contributed by atoms with van der Waals surface area (Å²) >= 11 is 0. The second-order valence-electron chi connectivity index (χ2n) is 7.21. The Morgan fingerprint density at radius 3 is 2.60 bits per heavy atom. The molecule has 138 valence electrons. The first-order chi connectivity index (χ1) is 12.2. The highest BCUT2D eigenvalue weighted by Crippen LogP contribution is 2.15. The summed E-state index contributed by atoms with van der Waals surface area (Å²) in [7, 11) is 0. The lowest BCUT2D eigenvalue weighted by Crippen LogP contribution is -2.43. The normalized spacial score (nSPS) is 22.6. The highest BCUT2D eigenvalue weighted by molar-refractivity contribution is 5.76. The number of nitrogens with zero attached hydrogens (tertiary/aromatic N) is 2. The molecular formula is C20H30N2O3. The minimum Gasteiger partial charge on any atom is -0.508 e. The maximum atomic E-state index is 12.6. The molecule has 0 radical (unpaired) electrons. The first-order valence-electron chi connectivity index (χ1n) is 9.60. The smallest absolute Gasteiger partial charge is 0.222 e. The van der Waals surface area contributed by atoms with Crippen LogP contribution in [0.3, 0.4) is 0 Å². The van der Waals surface area contributed by atoms with E-state index in [2.05, 4.69) is 4.90 Å². The molecule has 0 aliphatic carbocycles. The molecule has 2 heterocycles. The fourth-order valence-corrected chi connectivity index (χ4v) is 3.73. The number of piperidine rings is 1. The van der Waals surface area contributed by atoms with Crippen LogP contribution in [0.5, 0.6) is 5.75 Å². The van der Waals surface area contributed by atoms with Gasteiger partial charge in [0, 0.05) is 32.7 Å². The van der Waals surface area contributed by atoms with Gasteiger partial charge in [-0.2, -0.15) is 0 Å². The number of hydrogen-bond donors (Lipinski definition) is 1. The van der Waals surface area contributed by atoms with Gasteiger partial charge in [-0.15, -0.1) is 0 Å². The van der Waals surface area contributed by atoms with Crippen molar-refractivity contribution in [1.29, 1.82) is 0 Å². The Bertz CT molecular complexity index is 540. The summed E-state index contributed by atoms with van der Waals surface area (Å²) in [6.07, 6.45) is 6.18. The fourth-order valence-electron chi connectivity index (χ4n) is 3.73. The molecule has 2 saturated heterocycles. The largest absolute Gasteiger partial charge is 0.508 e. The molecule has 1 aromatic carbocycles. The lowest BCUT2D eigenvalue weighted by molar-refractivity contribution is -0.132. The van der Waals surface area contributed by atoms with E-state index in [1.807, 2.05) is 17.0 Å². The van der Waals surface area contributed by atoms with Crippen LogP contribution in [0.2, 0.25) is 0 Å². The molecule has 5 nitrogen and oxygen atoms in total. The number of rotatable bonds is 5. The van der Waals surface area contributed by atoms with E-state index in [0.717, 1.165) is 44.8 Å². The van der Waals surface area contributed by atoms with Gasteiger partial charge in [0.05, 0.1) is 6.10 Å². The lowest BCUT2D eigenvalue weighted by atomic mass is 10.1. The Hall–Kier alpha value is -1.59. The maximum Gasteiger partial charge on any atom is 0.222 e. The van der Waals surface area contributed by atoms with Crippen LogP contribution in [0, 0.1) is 0 Å². The van der Waals surface area contributed by atoms with Crippen molar-refractivity contribution in [2.75, 3.05) is 39.3 Å². The standard InChI is InChI=1S/C20H30N2O3/c23-18-8-5-17(6-9-18)7-10-20(24)22-13-4-14-25-19(16-22)15-21-11-2-1-3-12-21/h5-6,8-9,19,23H,1-4,7,10-16H2/t19-/m0/s1. The summed E-state index contributed by atoms with van der Waals surface area (Å²) in [5.74, 6) is 0.475. The van der Waals surface area contributed by atoms with Crippen LogP contribution in [0.25, 0.3) is 0 Å². The summed E-state index contributed by atoms with van der Waals surface area (Å²) in [6, 6.07) is 7.11. The van der Waals surface area contributed by atoms with Gasteiger partial charge < -0.3 is 19.6 Å². The third-order valence-corrected chi connectivity index (χ3v) is 5.18. The molecule has 0 aromatic heterocycles. The van der Waals surface area contributed by atoms with Gasteiger partial charge in [-0.3, -0.25) is 4.79 Å². The first-order valence-corrected chi connectivity index (χ1v) is 9.60. The molecule has 1 N–H and O–H groups in total. The maximum absolute atomic E-state index is 12.6. The highest BCUT2D eigenvalue weighted by Gasteiger charge is 2.24. The van der Waals surface area contributed by atoms with Gasteiger partial charge in [0.15, 0.2) is 0 Å². The Labute approximate surface area is 150 Å². The zero-order chi connectivity index (χ0) is 17.5. The summed E-state index contributed by atoms with van der Waals surface area (Å²) in [4.78, 5) is 17.1. The van der Waals surface area contributed by atoms with Crippen LogP contribution in [-0.2, 0) is 16.0 Å². The second-order valence-corrected chi connectivity index (χ2v) is 7.21. The third kappa shape index (κ3) is 5.72. The topological polar surface area (TPSA) is 53.0 Å². The van der Waals surface area contributed by atoms with Crippen LogP contribution in [0.4, 0.5) is 0 Å². The zero-order valence-electron chi connectivity index (χ0n) is 15.0. The van der Waals surface area contributed by atoms with Gasteiger partial charge >= 0.3 is 0 Å². The molecule has 5 heteroatoms. The Morgan fingerprint density at radius 1 is 1.08 bits per heavy atom. The predicted molar refractivity (Wildman–Crippen MR) is 97.7 cm³/mol. The van der Waals surface area contributed by atoms with Crippen LogP contribution in [-0.4, -0.2) is 66.2 Å². The molecular weight excluding hydrogens is 316 g/mol. The molecule has 0 bridgehead atoms. The van der Waals surface area contributed by atoms with E-state index in [9.17, 15) is 9.90 Å². The van der Waals surface area contributed by atoms with Crippen LogP contribution < -0.4 is 0 Å². The molecule has 3 rings (SSSR count). The molecule has 0 saturated carbocycles.